The topological polar surface area (TPSA) is 89.9 Å². The summed E-state index contributed by atoms with van der Waals surface area (Å²) in [5, 5.41) is 13.0. The van der Waals surface area contributed by atoms with E-state index < -0.39 is 0 Å². The summed E-state index contributed by atoms with van der Waals surface area (Å²) in [5.74, 6) is 1.68. The molecule has 2 aromatic heterocycles. The van der Waals surface area contributed by atoms with Crippen molar-refractivity contribution in [3.8, 4) is 0 Å². The third-order valence-corrected chi connectivity index (χ3v) is 6.15. The lowest BCUT2D eigenvalue weighted by molar-refractivity contribution is -0.130. The average molecular weight is 387 g/mol. The summed E-state index contributed by atoms with van der Waals surface area (Å²) in [7, 11) is 0. The fraction of sp³-hybridized carbons (Fsp3) is 0.750. The van der Waals surface area contributed by atoms with Crippen LogP contribution in [0.15, 0.2) is 4.52 Å². The minimum atomic E-state index is 0.0752. The molecular weight excluding hydrogens is 356 g/mol. The molecule has 2 aliphatic carbocycles. The zero-order valence-electron chi connectivity index (χ0n) is 17.1. The monoisotopic (exact) mass is 386 g/mol. The lowest BCUT2D eigenvalue weighted by Gasteiger charge is -2.24. The third-order valence-electron chi connectivity index (χ3n) is 6.15. The highest BCUT2D eigenvalue weighted by atomic mass is 16.5. The lowest BCUT2D eigenvalue weighted by atomic mass is 9.89. The summed E-state index contributed by atoms with van der Waals surface area (Å²) in [5.41, 5.74) is 2.39. The van der Waals surface area contributed by atoms with Crippen LogP contribution >= 0.6 is 0 Å². The second kappa shape index (κ2) is 8.01. The molecule has 0 aromatic carbocycles. The van der Waals surface area contributed by atoms with Crippen molar-refractivity contribution in [1.82, 2.24) is 30.0 Å². The Morgan fingerprint density at radius 1 is 1.29 bits per heavy atom. The highest BCUT2D eigenvalue weighted by molar-refractivity contribution is 5.73. The summed E-state index contributed by atoms with van der Waals surface area (Å²) < 4.78 is 7.77. The molecule has 28 heavy (non-hydrogen) atoms. The van der Waals surface area contributed by atoms with Gasteiger partial charge in [-0.1, -0.05) is 23.2 Å². The van der Waals surface area contributed by atoms with E-state index in [0.29, 0.717) is 30.7 Å². The molecule has 8 nitrogen and oxygen atoms in total. The number of nitrogens with zero attached hydrogens (tertiary/aromatic N) is 6. The summed E-state index contributed by atoms with van der Waals surface area (Å²) in [6.07, 6.45) is 8.32. The molecule has 2 aliphatic rings. The number of carbonyl (C=O) groups excluding carboxylic acids is 1. The SMILES string of the molecule is CC(=O)N(CCc1noc(C2CCc3nnn(C4CCCC4)c3C2)n1)C(C)C. The van der Waals surface area contributed by atoms with Gasteiger partial charge in [0.05, 0.1) is 17.4 Å². The van der Waals surface area contributed by atoms with E-state index in [1.165, 1.54) is 31.4 Å². The van der Waals surface area contributed by atoms with E-state index in [4.69, 9.17) is 4.52 Å². The molecule has 2 aromatic rings. The first kappa shape index (κ1) is 19.1. The van der Waals surface area contributed by atoms with Crippen molar-refractivity contribution in [3.63, 3.8) is 0 Å². The molecule has 0 saturated heterocycles. The van der Waals surface area contributed by atoms with E-state index in [0.717, 1.165) is 25.0 Å². The van der Waals surface area contributed by atoms with Gasteiger partial charge in [-0.3, -0.25) is 4.79 Å². The fourth-order valence-corrected chi connectivity index (χ4v) is 4.59. The fourth-order valence-electron chi connectivity index (χ4n) is 4.59. The summed E-state index contributed by atoms with van der Waals surface area (Å²) >= 11 is 0. The molecule has 0 aliphatic heterocycles. The van der Waals surface area contributed by atoms with Gasteiger partial charge in [-0.2, -0.15) is 4.98 Å². The van der Waals surface area contributed by atoms with Gasteiger partial charge in [0.1, 0.15) is 0 Å². The van der Waals surface area contributed by atoms with Crippen molar-refractivity contribution < 1.29 is 9.32 Å². The molecule has 1 saturated carbocycles. The summed E-state index contributed by atoms with van der Waals surface area (Å²) in [6, 6.07) is 0.672. The maximum Gasteiger partial charge on any atom is 0.230 e. The molecule has 2 heterocycles. The smallest absolute Gasteiger partial charge is 0.230 e. The van der Waals surface area contributed by atoms with E-state index in [9.17, 15) is 4.79 Å². The Morgan fingerprint density at radius 3 is 2.79 bits per heavy atom. The van der Waals surface area contributed by atoms with E-state index >= 15 is 0 Å². The number of fused-ring (bicyclic) bond motifs is 1. The van der Waals surface area contributed by atoms with Crippen molar-refractivity contribution in [2.24, 2.45) is 0 Å². The van der Waals surface area contributed by atoms with Crippen LogP contribution in [-0.4, -0.2) is 48.5 Å². The average Bonchev–Trinajstić information content (AvgIpc) is 3.40. The molecule has 0 radical (unpaired) electrons. The van der Waals surface area contributed by atoms with Gasteiger partial charge in [-0.25, -0.2) is 4.68 Å². The maximum atomic E-state index is 11.7. The van der Waals surface area contributed by atoms with Gasteiger partial charge in [0.15, 0.2) is 5.82 Å². The van der Waals surface area contributed by atoms with Crippen molar-refractivity contribution >= 4 is 5.91 Å². The number of hydrogen-bond donors (Lipinski definition) is 0. The van der Waals surface area contributed by atoms with Crippen LogP contribution in [0.25, 0.3) is 0 Å². The van der Waals surface area contributed by atoms with Crippen molar-refractivity contribution in [3.05, 3.63) is 23.1 Å². The van der Waals surface area contributed by atoms with Crippen LogP contribution in [-0.2, 0) is 24.1 Å². The molecule has 8 heteroatoms. The van der Waals surface area contributed by atoms with Crippen molar-refractivity contribution in [2.45, 2.75) is 90.1 Å². The number of hydrogen-bond acceptors (Lipinski definition) is 6. The second-order valence-corrected chi connectivity index (χ2v) is 8.41. The molecule has 1 atom stereocenters. The lowest BCUT2D eigenvalue weighted by Crippen LogP contribution is -2.36. The molecule has 1 amide bonds. The first-order valence-electron chi connectivity index (χ1n) is 10.6. The Bertz CT molecular complexity index is 821. The van der Waals surface area contributed by atoms with Gasteiger partial charge < -0.3 is 9.42 Å². The standard InChI is InChI=1S/C20H30N6O2/c1-13(2)25(14(3)27)11-10-19-21-20(28-23-19)15-8-9-17-18(12-15)26(24-22-17)16-6-4-5-7-16/h13,15-16H,4-12H2,1-3H3. The van der Waals surface area contributed by atoms with Crippen molar-refractivity contribution in [1.29, 1.82) is 0 Å². The Hall–Kier alpha value is -2.25. The Morgan fingerprint density at radius 2 is 2.07 bits per heavy atom. The van der Waals surface area contributed by atoms with Gasteiger partial charge in [-0.05, 0) is 39.5 Å². The number of aryl methyl sites for hydroxylation is 1. The van der Waals surface area contributed by atoms with Gasteiger partial charge in [-0.15, -0.1) is 5.10 Å². The van der Waals surface area contributed by atoms with Crippen LogP contribution in [0.4, 0.5) is 0 Å². The summed E-state index contributed by atoms with van der Waals surface area (Å²) in [6.45, 7) is 6.25. The maximum absolute atomic E-state index is 11.7. The van der Waals surface area contributed by atoms with Crippen LogP contribution in [0.3, 0.4) is 0 Å². The zero-order chi connectivity index (χ0) is 19.7. The molecule has 0 bridgehead atoms. The highest BCUT2D eigenvalue weighted by Gasteiger charge is 2.31. The van der Waals surface area contributed by atoms with Gasteiger partial charge in [0, 0.05) is 38.3 Å². The van der Waals surface area contributed by atoms with Crippen LogP contribution in [0.1, 0.15) is 87.9 Å². The molecule has 4 rings (SSSR count). The molecule has 152 valence electrons. The van der Waals surface area contributed by atoms with Crippen LogP contribution in [0.5, 0.6) is 0 Å². The first-order chi connectivity index (χ1) is 13.5. The number of rotatable bonds is 6. The molecule has 0 N–H and O–H groups in total. The predicted octanol–water partition coefficient (Wildman–Crippen LogP) is 2.85. The predicted molar refractivity (Wildman–Crippen MR) is 103 cm³/mol. The number of carbonyl (C=O) groups is 1. The van der Waals surface area contributed by atoms with Crippen LogP contribution in [0.2, 0.25) is 0 Å². The Kier molecular flexibility index (Phi) is 5.46. The normalized spacial score (nSPS) is 19.9. The van der Waals surface area contributed by atoms with E-state index in [1.54, 1.807) is 6.92 Å². The molecular formula is C20H30N6O2. The van der Waals surface area contributed by atoms with E-state index in [-0.39, 0.29) is 17.9 Å². The largest absolute Gasteiger partial charge is 0.340 e. The van der Waals surface area contributed by atoms with E-state index in [2.05, 4.69) is 25.1 Å². The Labute approximate surface area is 165 Å². The van der Waals surface area contributed by atoms with E-state index in [1.807, 2.05) is 18.7 Å². The minimum Gasteiger partial charge on any atom is -0.340 e. The quantitative estimate of drug-likeness (QED) is 0.758. The minimum absolute atomic E-state index is 0.0752. The number of amides is 1. The first-order valence-corrected chi connectivity index (χ1v) is 10.6. The van der Waals surface area contributed by atoms with Crippen LogP contribution in [0, 0.1) is 0 Å². The zero-order valence-corrected chi connectivity index (χ0v) is 17.1. The van der Waals surface area contributed by atoms with Gasteiger partial charge in [0.2, 0.25) is 11.8 Å². The number of aromatic nitrogens is 5. The highest BCUT2D eigenvalue weighted by Crippen LogP contribution is 2.35. The summed E-state index contributed by atoms with van der Waals surface area (Å²) in [4.78, 5) is 18.2. The van der Waals surface area contributed by atoms with Crippen molar-refractivity contribution in [2.75, 3.05) is 6.54 Å². The Balaban J connectivity index is 1.42. The molecule has 1 unspecified atom stereocenters. The second-order valence-electron chi connectivity index (χ2n) is 8.41. The molecule has 1 fully saturated rings. The molecule has 0 spiro atoms. The van der Waals surface area contributed by atoms with Gasteiger partial charge in [0.25, 0.3) is 0 Å². The van der Waals surface area contributed by atoms with Gasteiger partial charge >= 0.3 is 0 Å². The third kappa shape index (κ3) is 3.82. The van der Waals surface area contributed by atoms with Crippen LogP contribution < -0.4 is 0 Å².